The summed E-state index contributed by atoms with van der Waals surface area (Å²) < 4.78 is 5.86. The third kappa shape index (κ3) is 5.42. The second kappa shape index (κ2) is 10.7. The lowest BCUT2D eigenvalue weighted by molar-refractivity contribution is -0.162. The Hall–Kier alpha value is -5.19. The maximum atomic E-state index is 13.7. The molecule has 0 saturated carbocycles. The van der Waals surface area contributed by atoms with E-state index in [4.69, 9.17) is 15.9 Å². The number of nitrogens with two attached hydrogens (primary N) is 1. The molecule has 1 fully saturated rings. The highest BCUT2D eigenvalue weighted by Gasteiger charge is 2.53. The fourth-order valence-corrected chi connectivity index (χ4v) is 4.42. The number of amidine groups is 1. The number of hydrogen-bond donors (Lipinski definition) is 4. The van der Waals surface area contributed by atoms with E-state index in [1.54, 1.807) is 72.8 Å². The first-order chi connectivity index (χ1) is 18.5. The molecule has 0 aromatic heterocycles. The predicted molar refractivity (Wildman–Crippen MR) is 141 cm³/mol. The van der Waals surface area contributed by atoms with Gasteiger partial charge in [0.15, 0.2) is 0 Å². The minimum absolute atomic E-state index is 0.159. The van der Waals surface area contributed by atoms with Crippen molar-refractivity contribution in [2.75, 3.05) is 0 Å². The molecule has 0 bridgehead atoms. The van der Waals surface area contributed by atoms with Crippen molar-refractivity contribution < 1.29 is 29.0 Å². The third-order valence-corrected chi connectivity index (χ3v) is 6.37. The van der Waals surface area contributed by atoms with Crippen molar-refractivity contribution in [3.05, 3.63) is 95.6 Å². The maximum Gasteiger partial charge on any atom is 0.344 e. The molecular formula is C28H27N5O6. The summed E-state index contributed by atoms with van der Waals surface area (Å²) in [7, 11) is 0. The first-order valence-electron chi connectivity index (χ1n) is 12.0. The molecule has 2 atom stereocenters. The van der Waals surface area contributed by atoms with E-state index >= 15 is 0 Å². The van der Waals surface area contributed by atoms with Crippen molar-refractivity contribution >= 4 is 29.7 Å². The van der Waals surface area contributed by atoms with Gasteiger partial charge in [-0.3, -0.25) is 19.8 Å². The van der Waals surface area contributed by atoms with Crippen LogP contribution in [-0.4, -0.2) is 44.8 Å². The van der Waals surface area contributed by atoms with Crippen molar-refractivity contribution in [3.63, 3.8) is 0 Å². The van der Waals surface area contributed by atoms with Crippen LogP contribution in [0.1, 0.15) is 43.0 Å². The molecule has 2 unspecified atom stereocenters. The van der Waals surface area contributed by atoms with Crippen LogP contribution in [0.25, 0.3) is 0 Å². The number of hydrazine groups is 1. The lowest BCUT2D eigenvalue weighted by atomic mass is 9.91. The van der Waals surface area contributed by atoms with Gasteiger partial charge in [0, 0.05) is 12.5 Å². The van der Waals surface area contributed by atoms with Crippen LogP contribution in [-0.2, 0) is 19.9 Å². The summed E-state index contributed by atoms with van der Waals surface area (Å²) >= 11 is 0. The first-order valence-corrected chi connectivity index (χ1v) is 12.0. The molecule has 1 aliphatic heterocycles. The largest absolute Gasteiger partial charge is 0.481 e. The van der Waals surface area contributed by atoms with Crippen molar-refractivity contribution in [1.82, 2.24) is 15.3 Å². The molecule has 5 N–H and O–H groups in total. The Morgan fingerprint density at radius 2 is 1.69 bits per heavy atom. The molecular weight excluding hydrogens is 502 g/mol. The number of amides is 4. The average molecular weight is 530 g/mol. The van der Waals surface area contributed by atoms with E-state index in [-0.39, 0.29) is 5.84 Å². The zero-order valence-corrected chi connectivity index (χ0v) is 21.3. The van der Waals surface area contributed by atoms with Gasteiger partial charge in [0.1, 0.15) is 22.9 Å². The summed E-state index contributed by atoms with van der Waals surface area (Å²) in [6.07, 6.45) is -0.588. The van der Waals surface area contributed by atoms with Crippen LogP contribution in [0.2, 0.25) is 0 Å². The van der Waals surface area contributed by atoms with Gasteiger partial charge in [-0.05, 0) is 42.3 Å². The van der Waals surface area contributed by atoms with Gasteiger partial charge < -0.3 is 20.9 Å². The first kappa shape index (κ1) is 26.9. The molecule has 0 aliphatic carbocycles. The highest BCUT2D eigenvalue weighted by Crippen LogP contribution is 2.36. The maximum absolute atomic E-state index is 13.7. The molecule has 1 heterocycles. The Kier molecular flexibility index (Phi) is 7.34. The van der Waals surface area contributed by atoms with Gasteiger partial charge in [-0.15, -0.1) is 0 Å². The minimum atomic E-state index is -1.56. The lowest BCUT2D eigenvalue weighted by Crippen LogP contribution is -2.52. The molecule has 39 heavy (non-hydrogen) atoms. The van der Waals surface area contributed by atoms with Crippen molar-refractivity contribution in [3.8, 4) is 11.5 Å². The summed E-state index contributed by atoms with van der Waals surface area (Å²) in [5, 5.41) is 21.4. The quantitative estimate of drug-likeness (QED) is 0.187. The van der Waals surface area contributed by atoms with E-state index < -0.39 is 41.8 Å². The Bertz CT molecular complexity index is 1440. The average Bonchev–Trinajstić information content (AvgIpc) is 3.13. The fourth-order valence-electron chi connectivity index (χ4n) is 4.42. The Morgan fingerprint density at radius 3 is 2.28 bits per heavy atom. The molecule has 3 aromatic carbocycles. The standard InChI is InChI=1S/C28H27N5O6/c1-17(34)32(33-26(37)28(2,31-27(33)38)20-13-11-18(12-14-20)25(29)30)23(16-24(35)36)19-7-6-10-22(15-19)39-21-8-4-3-5-9-21/h3-15,23H,16H2,1-2H3,(H3,29,30)(H,31,38)(H,35,36). The Morgan fingerprint density at radius 1 is 1.05 bits per heavy atom. The number of carboxylic acid groups (broad SMARTS) is 1. The number of hydrogen-bond acceptors (Lipinski definition) is 6. The van der Waals surface area contributed by atoms with Gasteiger partial charge in [-0.25, -0.2) is 9.80 Å². The number of carboxylic acids is 1. The third-order valence-electron chi connectivity index (χ3n) is 6.37. The second-order valence-electron chi connectivity index (χ2n) is 9.13. The fraction of sp³-hybridized carbons (Fsp3) is 0.179. The van der Waals surface area contributed by atoms with Crippen LogP contribution >= 0.6 is 0 Å². The van der Waals surface area contributed by atoms with Crippen LogP contribution in [0, 0.1) is 5.41 Å². The highest BCUT2D eigenvalue weighted by molar-refractivity contribution is 6.08. The Balaban J connectivity index is 1.72. The monoisotopic (exact) mass is 529 g/mol. The van der Waals surface area contributed by atoms with E-state index in [2.05, 4.69) is 5.32 Å². The molecule has 1 saturated heterocycles. The molecule has 4 amide bonds. The number of carbonyl (C=O) groups is 4. The predicted octanol–water partition coefficient (Wildman–Crippen LogP) is 3.51. The van der Waals surface area contributed by atoms with Gasteiger partial charge in [0.05, 0.1) is 12.5 Å². The molecule has 0 spiro atoms. The van der Waals surface area contributed by atoms with E-state index in [1.165, 1.54) is 6.92 Å². The van der Waals surface area contributed by atoms with E-state index in [1.807, 2.05) is 6.07 Å². The van der Waals surface area contributed by atoms with Gasteiger partial charge >= 0.3 is 12.0 Å². The summed E-state index contributed by atoms with van der Waals surface area (Å²) in [5.41, 5.74) is 5.12. The van der Waals surface area contributed by atoms with E-state index in [0.717, 1.165) is 11.9 Å². The van der Waals surface area contributed by atoms with Gasteiger partial charge in [0.25, 0.3) is 5.91 Å². The zero-order valence-electron chi connectivity index (χ0n) is 21.3. The Labute approximate surface area is 224 Å². The van der Waals surface area contributed by atoms with Gasteiger partial charge in [-0.2, -0.15) is 5.01 Å². The number of para-hydroxylation sites is 1. The molecule has 4 rings (SSSR count). The van der Waals surface area contributed by atoms with Crippen LogP contribution in [0.3, 0.4) is 0 Å². The molecule has 11 heteroatoms. The summed E-state index contributed by atoms with van der Waals surface area (Å²) in [6.45, 7) is 2.63. The number of carbonyl (C=O) groups excluding carboxylic acids is 3. The molecule has 200 valence electrons. The number of ether oxygens (including phenoxy) is 1. The second-order valence-corrected chi connectivity index (χ2v) is 9.13. The smallest absolute Gasteiger partial charge is 0.344 e. The number of benzene rings is 3. The van der Waals surface area contributed by atoms with Crippen molar-refractivity contribution in [2.45, 2.75) is 31.8 Å². The number of nitrogens with one attached hydrogen (secondary N) is 2. The minimum Gasteiger partial charge on any atom is -0.481 e. The van der Waals surface area contributed by atoms with Crippen LogP contribution in [0.15, 0.2) is 78.9 Å². The summed E-state index contributed by atoms with van der Waals surface area (Å²) in [4.78, 5) is 51.8. The number of aliphatic carboxylic acids is 1. The highest BCUT2D eigenvalue weighted by atomic mass is 16.5. The van der Waals surface area contributed by atoms with Gasteiger partial charge in [-0.1, -0.05) is 54.6 Å². The number of urea groups is 1. The normalized spacial score (nSPS) is 17.3. The zero-order chi connectivity index (χ0) is 28.3. The number of imide groups is 1. The summed E-state index contributed by atoms with van der Waals surface area (Å²) in [5.74, 6) is -1.96. The topological polar surface area (TPSA) is 166 Å². The van der Waals surface area contributed by atoms with Gasteiger partial charge in [0.2, 0.25) is 5.91 Å². The number of nitrogens with zero attached hydrogens (tertiary/aromatic N) is 2. The molecule has 0 radical (unpaired) electrons. The lowest BCUT2D eigenvalue weighted by Gasteiger charge is -2.35. The number of nitrogen functional groups attached to an aromatic ring is 1. The molecule has 11 nitrogen and oxygen atoms in total. The van der Waals surface area contributed by atoms with E-state index in [9.17, 15) is 24.3 Å². The number of rotatable bonds is 9. The van der Waals surface area contributed by atoms with Crippen LogP contribution in [0.4, 0.5) is 4.79 Å². The SMILES string of the molecule is CC(=O)N(C(CC(=O)O)c1cccc(Oc2ccccc2)c1)N1C(=O)NC(C)(c2ccc(C(=N)N)cc2)C1=O. The van der Waals surface area contributed by atoms with Crippen molar-refractivity contribution in [1.29, 1.82) is 5.41 Å². The van der Waals surface area contributed by atoms with Crippen LogP contribution in [0.5, 0.6) is 11.5 Å². The van der Waals surface area contributed by atoms with Crippen molar-refractivity contribution in [2.24, 2.45) is 5.73 Å². The molecule has 3 aromatic rings. The van der Waals surface area contributed by atoms with Crippen LogP contribution < -0.4 is 15.8 Å². The van der Waals surface area contributed by atoms with E-state index in [0.29, 0.717) is 33.2 Å². The molecule has 1 aliphatic rings. The summed E-state index contributed by atoms with van der Waals surface area (Å²) in [6, 6.07) is 19.5.